The van der Waals surface area contributed by atoms with Crippen LogP contribution in [0.4, 0.5) is 0 Å². The smallest absolute Gasteiger partial charge is 0.113 e. The molecule has 0 aromatic heterocycles. The van der Waals surface area contributed by atoms with E-state index in [1.54, 1.807) is 0 Å². The van der Waals surface area contributed by atoms with Gasteiger partial charge in [-0.3, -0.25) is 0 Å². The van der Waals surface area contributed by atoms with Gasteiger partial charge in [0, 0.05) is 0 Å². The lowest BCUT2D eigenvalue weighted by molar-refractivity contribution is 1.64. The number of rotatable bonds is 4. The van der Waals surface area contributed by atoms with Gasteiger partial charge in [-0.15, -0.1) is 0 Å². The van der Waals surface area contributed by atoms with E-state index in [2.05, 4.69) is 75.5 Å². The van der Waals surface area contributed by atoms with Gasteiger partial charge < -0.3 is 0 Å². The highest BCUT2D eigenvalue weighted by Gasteiger charge is 2.31. The third-order valence-corrected chi connectivity index (χ3v) is 14.1. The Kier molecular flexibility index (Phi) is 5.18. The first-order valence-corrected chi connectivity index (χ1v) is 17.8. The van der Waals surface area contributed by atoms with E-state index in [1.165, 1.54) is 0 Å². The van der Waals surface area contributed by atoms with Crippen LogP contribution < -0.4 is 0 Å². The molecule has 0 saturated carbocycles. The summed E-state index contributed by atoms with van der Waals surface area (Å²) in [6.45, 7) is 22.2. The first kappa shape index (κ1) is 15.7. The molecule has 0 radical (unpaired) electrons. The van der Waals surface area contributed by atoms with E-state index in [-0.39, 0.29) is 0 Å². The zero-order valence-electron chi connectivity index (χ0n) is 12.0. The van der Waals surface area contributed by atoms with Crippen LogP contribution >= 0.6 is 11.2 Å². The van der Waals surface area contributed by atoms with Gasteiger partial charge in [-0.2, -0.15) is 11.2 Å². The molecule has 0 aliphatic carbocycles. The van der Waals surface area contributed by atoms with Gasteiger partial charge in [-0.25, -0.2) is 0 Å². The fourth-order valence-corrected chi connectivity index (χ4v) is 16.5. The predicted molar refractivity (Wildman–Crippen MR) is 85.7 cm³/mol. The van der Waals surface area contributed by atoms with Crippen molar-refractivity contribution in [2.45, 2.75) is 58.9 Å². The summed E-state index contributed by atoms with van der Waals surface area (Å²) in [5.74, 6) is 0. The Hall–Kier alpha value is 0.741. The highest BCUT2D eigenvalue weighted by molar-refractivity contribution is 8.30. The average molecular weight is 277 g/mol. The van der Waals surface area contributed by atoms with Crippen molar-refractivity contribution in [1.82, 2.24) is 0 Å². The molecule has 0 nitrogen and oxygen atoms in total. The normalized spacial score (nSPS) is 13.9. The van der Waals surface area contributed by atoms with Crippen molar-refractivity contribution < 1.29 is 0 Å². The average Bonchev–Trinajstić information content (AvgIpc) is 1.75. The van der Waals surface area contributed by atoms with Crippen LogP contribution in [0.3, 0.4) is 0 Å². The second-order valence-electron chi connectivity index (χ2n) is 7.26. The van der Waals surface area contributed by atoms with Crippen molar-refractivity contribution in [3.8, 4) is 0 Å². The fraction of sp³-hybridized carbons (Fsp3) is 0.818. The largest absolute Gasteiger partial charge is 0.160 e. The quantitative estimate of drug-likeness (QED) is 0.637. The van der Waals surface area contributed by atoms with Gasteiger partial charge in [0.2, 0.25) is 0 Å². The molecule has 0 aromatic rings. The predicted octanol–water partition coefficient (Wildman–Crippen LogP) is 5.19. The molecule has 0 fully saturated rings. The zero-order valence-corrected chi connectivity index (χ0v) is 15.8. The minimum Gasteiger partial charge on any atom is -0.160 e. The first-order chi connectivity index (χ1) is 6.34. The van der Waals surface area contributed by atoms with Crippen molar-refractivity contribution in [2.75, 3.05) is 0 Å². The van der Waals surface area contributed by atoms with Crippen molar-refractivity contribution in [3.05, 3.63) is 10.2 Å². The van der Waals surface area contributed by atoms with Gasteiger partial charge in [-0.1, -0.05) is 63.7 Å². The summed E-state index contributed by atoms with van der Waals surface area (Å²) in [7, 11) is -3.19. The van der Waals surface area contributed by atoms with Crippen LogP contribution in [0.2, 0.25) is 58.9 Å². The topological polar surface area (TPSA) is 0 Å². The van der Waals surface area contributed by atoms with Gasteiger partial charge in [0.1, 0.15) is 7.22 Å². The SMILES string of the molecule is C[Si](C)(C)SC=C([Si](C)(C)C)[Si](C)(C)C. The van der Waals surface area contributed by atoms with Crippen LogP contribution in [-0.2, 0) is 0 Å². The summed E-state index contributed by atoms with van der Waals surface area (Å²) in [5, 5.41) is 2.56. The molecule has 0 N–H and O–H groups in total. The van der Waals surface area contributed by atoms with E-state index >= 15 is 0 Å². The minimum absolute atomic E-state index is 0.993. The summed E-state index contributed by atoms with van der Waals surface area (Å²) in [6, 6.07) is 0. The van der Waals surface area contributed by atoms with Crippen LogP contribution in [-0.4, -0.2) is 23.4 Å². The number of hydrogen-bond donors (Lipinski definition) is 0. The second-order valence-corrected chi connectivity index (χ2v) is 26.9. The van der Waals surface area contributed by atoms with Crippen LogP contribution in [0.1, 0.15) is 0 Å². The lowest BCUT2D eigenvalue weighted by atomic mass is 11.2. The Morgan fingerprint density at radius 2 is 1.07 bits per heavy atom. The lowest BCUT2D eigenvalue weighted by Gasteiger charge is -2.32. The molecule has 0 atom stereocenters. The fourth-order valence-electron chi connectivity index (χ4n) is 1.71. The van der Waals surface area contributed by atoms with Crippen molar-refractivity contribution in [3.63, 3.8) is 0 Å². The summed E-state index contributed by atoms with van der Waals surface area (Å²) in [4.78, 5) is 1.85. The van der Waals surface area contributed by atoms with Gasteiger partial charge in [0.05, 0.1) is 16.1 Å². The van der Waals surface area contributed by atoms with Crippen LogP contribution in [0, 0.1) is 0 Å². The molecular weight excluding hydrogens is 248 g/mol. The summed E-state index contributed by atoms with van der Waals surface area (Å²) >= 11 is 2.14. The van der Waals surface area contributed by atoms with Gasteiger partial charge >= 0.3 is 0 Å². The second kappa shape index (κ2) is 4.94. The molecule has 0 rings (SSSR count). The monoisotopic (exact) mass is 276 g/mol. The summed E-state index contributed by atoms with van der Waals surface area (Å²) in [6.07, 6.45) is 0. The summed E-state index contributed by atoms with van der Waals surface area (Å²) < 4.78 is 0. The van der Waals surface area contributed by atoms with E-state index in [9.17, 15) is 0 Å². The molecular formula is C11H28SSi3. The van der Waals surface area contributed by atoms with Crippen LogP contribution in [0.25, 0.3) is 0 Å². The zero-order chi connectivity index (χ0) is 12.5. The molecule has 0 heterocycles. The molecule has 90 valence electrons. The van der Waals surface area contributed by atoms with Crippen molar-refractivity contribution >= 4 is 34.6 Å². The van der Waals surface area contributed by atoms with Crippen molar-refractivity contribution in [2.24, 2.45) is 0 Å². The van der Waals surface area contributed by atoms with E-state index in [4.69, 9.17) is 0 Å². The molecule has 0 aliphatic rings. The third kappa shape index (κ3) is 6.81. The standard InChI is InChI=1S/C11H28SSi3/c1-13(2,3)11(14(4,5)6)10-12-15(7,8)9/h10H,1-9H3. The number of hydrogen-bond acceptors (Lipinski definition) is 1. The highest BCUT2D eigenvalue weighted by atomic mass is 32.4. The molecule has 0 bridgehead atoms. The van der Waals surface area contributed by atoms with Crippen molar-refractivity contribution in [1.29, 1.82) is 0 Å². The third-order valence-electron chi connectivity index (χ3n) is 2.15. The Morgan fingerprint density at radius 3 is 1.27 bits per heavy atom. The molecule has 0 aromatic carbocycles. The van der Waals surface area contributed by atoms with Gasteiger partial charge in [0.25, 0.3) is 0 Å². The van der Waals surface area contributed by atoms with E-state index in [0.29, 0.717) is 0 Å². The first-order valence-electron chi connectivity index (χ1n) is 5.73. The molecule has 0 saturated heterocycles. The van der Waals surface area contributed by atoms with E-state index in [0.717, 1.165) is 0 Å². The van der Waals surface area contributed by atoms with Crippen LogP contribution in [0.15, 0.2) is 10.2 Å². The Morgan fingerprint density at radius 1 is 0.733 bits per heavy atom. The lowest BCUT2D eigenvalue weighted by Crippen LogP contribution is -2.40. The highest BCUT2D eigenvalue weighted by Crippen LogP contribution is 2.31. The maximum absolute atomic E-state index is 2.56. The van der Waals surface area contributed by atoms with Gasteiger partial charge in [-0.05, 0) is 5.41 Å². The van der Waals surface area contributed by atoms with Gasteiger partial charge in [0.15, 0.2) is 0 Å². The molecule has 0 spiro atoms. The molecule has 15 heavy (non-hydrogen) atoms. The maximum Gasteiger partial charge on any atom is 0.113 e. The van der Waals surface area contributed by atoms with E-state index < -0.39 is 23.4 Å². The molecule has 0 amide bonds. The molecule has 0 unspecified atom stereocenters. The Bertz CT molecular complexity index is 222. The van der Waals surface area contributed by atoms with Crippen LogP contribution in [0.5, 0.6) is 0 Å². The Balaban J connectivity index is 4.99. The summed E-state index contributed by atoms with van der Waals surface area (Å²) in [5.41, 5.74) is 0. The molecule has 4 heteroatoms. The van der Waals surface area contributed by atoms with E-state index in [1.807, 2.05) is 4.82 Å². The molecule has 0 aliphatic heterocycles. The maximum atomic E-state index is 2.56. The Labute approximate surface area is 104 Å². The minimum atomic E-state index is -1.10.